The lowest BCUT2D eigenvalue weighted by molar-refractivity contribution is -0.153. The van der Waals surface area contributed by atoms with Gasteiger partial charge in [0.2, 0.25) is 0 Å². The summed E-state index contributed by atoms with van der Waals surface area (Å²) >= 11 is 0. The summed E-state index contributed by atoms with van der Waals surface area (Å²) in [6, 6.07) is -0.964. The number of ether oxygens (including phenoxy) is 2. The van der Waals surface area contributed by atoms with Crippen LogP contribution in [0.2, 0.25) is 0 Å². The molecule has 5 nitrogen and oxygen atoms in total. The summed E-state index contributed by atoms with van der Waals surface area (Å²) in [6.45, 7) is 2.42. The first-order valence-corrected chi connectivity index (χ1v) is 5.33. The fraction of sp³-hybridized carbons (Fsp3) is 0.900. The van der Waals surface area contributed by atoms with Crippen LogP contribution in [0.1, 0.15) is 26.2 Å². The van der Waals surface area contributed by atoms with Gasteiger partial charge in [-0.05, 0) is 26.2 Å². The predicted molar refractivity (Wildman–Crippen MR) is 54.2 cm³/mol. The Kier molecular flexibility index (Phi) is 5.01. The second kappa shape index (κ2) is 6.05. The van der Waals surface area contributed by atoms with Crippen molar-refractivity contribution in [3.05, 3.63) is 0 Å². The molecule has 0 saturated carbocycles. The van der Waals surface area contributed by atoms with Gasteiger partial charge in [-0.3, -0.25) is 4.79 Å². The molecule has 0 radical (unpaired) electrons. The number of aliphatic hydroxyl groups excluding tert-OH is 1. The van der Waals surface area contributed by atoms with Crippen molar-refractivity contribution in [2.45, 2.75) is 44.4 Å². The number of hydrogen-bond acceptors (Lipinski definition) is 5. The molecule has 1 fully saturated rings. The third-order valence-corrected chi connectivity index (χ3v) is 2.48. The maximum absolute atomic E-state index is 11.3. The maximum Gasteiger partial charge on any atom is 0.325 e. The fourth-order valence-electron chi connectivity index (χ4n) is 1.41. The van der Waals surface area contributed by atoms with Crippen molar-refractivity contribution in [1.29, 1.82) is 0 Å². The molecule has 1 aliphatic heterocycles. The van der Waals surface area contributed by atoms with E-state index in [4.69, 9.17) is 20.3 Å². The van der Waals surface area contributed by atoms with E-state index in [1.54, 1.807) is 0 Å². The fourth-order valence-corrected chi connectivity index (χ4v) is 1.41. The maximum atomic E-state index is 11.3. The summed E-state index contributed by atoms with van der Waals surface area (Å²) in [5.41, 5.74) is 5.41. The first-order chi connectivity index (χ1) is 7.11. The van der Waals surface area contributed by atoms with Gasteiger partial charge in [0.05, 0.1) is 12.2 Å². The van der Waals surface area contributed by atoms with Gasteiger partial charge in [-0.25, -0.2) is 0 Å². The van der Waals surface area contributed by atoms with Gasteiger partial charge in [0, 0.05) is 6.61 Å². The number of aliphatic hydroxyl groups is 1. The van der Waals surface area contributed by atoms with E-state index < -0.39 is 18.1 Å². The molecule has 88 valence electrons. The molecule has 15 heavy (non-hydrogen) atoms. The summed E-state index contributed by atoms with van der Waals surface area (Å²) < 4.78 is 10.3. The Morgan fingerprint density at radius 3 is 2.93 bits per heavy atom. The molecule has 0 aromatic heterocycles. The van der Waals surface area contributed by atoms with E-state index in [1.807, 2.05) is 0 Å². The molecule has 1 rings (SSSR count). The first-order valence-electron chi connectivity index (χ1n) is 5.33. The minimum Gasteiger partial charge on any atom is -0.462 e. The third kappa shape index (κ3) is 4.15. The van der Waals surface area contributed by atoms with E-state index >= 15 is 0 Å². The lowest BCUT2D eigenvalue weighted by atomic mass is 10.1. The van der Waals surface area contributed by atoms with Crippen molar-refractivity contribution in [3.63, 3.8) is 0 Å². The Morgan fingerprint density at radius 2 is 2.40 bits per heavy atom. The smallest absolute Gasteiger partial charge is 0.325 e. The first kappa shape index (κ1) is 12.4. The topological polar surface area (TPSA) is 81.8 Å². The molecule has 0 aliphatic carbocycles. The standard InChI is InChI=1S/C10H19NO4/c1-7(12)9(11)10(13)15-6-8-4-2-3-5-14-8/h7-9,12H,2-6,11H2,1H3. The summed E-state index contributed by atoms with van der Waals surface area (Å²) in [7, 11) is 0. The monoisotopic (exact) mass is 217 g/mol. The van der Waals surface area contributed by atoms with Crippen molar-refractivity contribution in [1.82, 2.24) is 0 Å². The van der Waals surface area contributed by atoms with Crippen molar-refractivity contribution in [2.24, 2.45) is 5.73 Å². The minimum atomic E-state index is -0.964. The van der Waals surface area contributed by atoms with Crippen LogP contribution in [-0.4, -0.2) is 42.5 Å². The molecule has 1 aliphatic rings. The largest absolute Gasteiger partial charge is 0.462 e. The van der Waals surface area contributed by atoms with E-state index in [9.17, 15) is 4.79 Å². The second-order valence-corrected chi connectivity index (χ2v) is 3.89. The van der Waals surface area contributed by atoms with Gasteiger partial charge >= 0.3 is 5.97 Å². The quantitative estimate of drug-likeness (QED) is 0.638. The van der Waals surface area contributed by atoms with Crippen LogP contribution < -0.4 is 5.73 Å². The van der Waals surface area contributed by atoms with Crippen LogP contribution in [0, 0.1) is 0 Å². The molecule has 0 amide bonds. The zero-order valence-corrected chi connectivity index (χ0v) is 9.02. The highest BCUT2D eigenvalue weighted by Crippen LogP contribution is 2.12. The van der Waals surface area contributed by atoms with Gasteiger partial charge in [0.15, 0.2) is 0 Å². The van der Waals surface area contributed by atoms with Crippen LogP contribution in [0.25, 0.3) is 0 Å². The zero-order chi connectivity index (χ0) is 11.3. The molecular formula is C10H19NO4. The molecule has 0 bridgehead atoms. The molecule has 0 spiro atoms. The summed E-state index contributed by atoms with van der Waals surface area (Å²) in [5, 5.41) is 9.07. The SMILES string of the molecule is CC(O)C(N)C(=O)OCC1CCCCO1. The van der Waals surface area contributed by atoms with E-state index in [0.29, 0.717) is 0 Å². The van der Waals surface area contributed by atoms with Crippen LogP contribution >= 0.6 is 0 Å². The van der Waals surface area contributed by atoms with Gasteiger partial charge in [0.25, 0.3) is 0 Å². The van der Waals surface area contributed by atoms with Crippen molar-refractivity contribution in [2.75, 3.05) is 13.2 Å². The van der Waals surface area contributed by atoms with Gasteiger partial charge in [-0.2, -0.15) is 0 Å². The van der Waals surface area contributed by atoms with Crippen LogP contribution in [0.3, 0.4) is 0 Å². The molecule has 1 heterocycles. The van der Waals surface area contributed by atoms with E-state index in [-0.39, 0.29) is 12.7 Å². The Morgan fingerprint density at radius 1 is 1.67 bits per heavy atom. The van der Waals surface area contributed by atoms with E-state index in [0.717, 1.165) is 25.9 Å². The lowest BCUT2D eigenvalue weighted by Gasteiger charge is -2.23. The third-order valence-electron chi connectivity index (χ3n) is 2.48. The molecule has 3 atom stereocenters. The molecule has 1 saturated heterocycles. The van der Waals surface area contributed by atoms with Crippen molar-refractivity contribution >= 4 is 5.97 Å². The van der Waals surface area contributed by atoms with Gasteiger partial charge in [-0.1, -0.05) is 0 Å². The zero-order valence-electron chi connectivity index (χ0n) is 9.02. The Balaban J connectivity index is 2.20. The highest BCUT2D eigenvalue weighted by atomic mass is 16.6. The molecule has 0 aromatic rings. The number of carbonyl (C=O) groups is 1. The van der Waals surface area contributed by atoms with Crippen LogP contribution in [0.4, 0.5) is 0 Å². The van der Waals surface area contributed by atoms with Crippen LogP contribution in [0.5, 0.6) is 0 Å². The summed E-state index contributed by atoms with van der Waals surface area (Å²) in [4.78, 5) is 11.3. The Labute approximate surface area is 89.5 Å². The second-order valence-electron chi connectivity index (χ2n) is 3.89. The lowest BCUT2D eigenvalue weighted by Crippen LogP contribution is -2.42. The Bertz CT molecular complexity index is 202. The number of rotatable bonds is 4. The molecule has 0 aromatic carbocycles. The summed E-state index contributed by atoms with van der Waals surface area (Å²) in [6.07, 6.45) is 2.19. The van der Waals surface area contributed by atoms with Crippen LogP contribution in [0.15, 0.2) is 0 Å². The van der Waals surface area contributed by atoms with Crippen molar-refractivity contribution in [3.8, 4) is 0 Å². The normalized spacial score (nSPS) is 25.7. The minimum absolute atomic E-state index is 0.0103. The van der Waals surface area contributed by atoms with Crippen molar-refractivity contribution < 1.29 is 19.4 Å². The molecular weight excluding hydrogens is 198 g/mol. The van der Waals surface area contributed by atoms with Gasteiger partial charge in [0.1, 0.15) is 12.6 Å². The molecule has 5 heteroatoms. The highest BCUT2D eigenvalue weighted by Gasteiger charge is 2.22. The van der Waals surface area contributed by atoms with Crippen LogP contribution in [-0.2, 0) is 14.3 Å². The predicted octanol–water partition coefficient (Wildman–Crippen LogP) is -0.193. The highest BCUT2D eigenvalue weighted by molar-refractivity contribution is 5.76. The average molecular weight is 217 g/mol. The van der Waals surface area contributed by atoms with Gasteiger partial charge in [-0.15, -0.1) is 0 Å². The van der Waals surface area contributed by atoms with Gasteiger partial charge < -0.3 is 20.3 Å². The molecule has 3 N–H and O–H groups in total. The number of esters is 1. The van der Waals surface area contributed by atoms with E-state index in [2.05, 4.69) is 0 Å². The number of nitrogens with two attached hydrogens (primary N) is 1. The molecule has 3 unspecified atom stereocenters. The average Bonchev–Trinajstić information content (AvgIpc) is 2.26. The number of hydrogen-bond donors (Lipinski definition) is 2. The number of carbonyl (C=O) groups excluding carboxylic acids is 1. The Hall–Kier alpha value is -0.650. The summed E-state index contributed by atoms with van der Waals surface area (Å²) in [5.74, 6) is -0.570. The van der Waals surface area contributed by atoms with E-state index in [1.165, 1.54) is 6.92 Å².